The van der Waals surface area contributed by atoms with Crippen LogP contribution in [0.2, 0.25) is 0 Å². The number of hydrogen-bond acceptors (Lipinski definition) is 8. The van der Waals surface area contributed by atoms with Crippen LogP contribution in [0.15, 0.2) is 28.7 Å². The maximum atomic E-state index is 14.2. The normalized spacial score (nSPS) is 27.4. The molecule has 39 heavy (non-hydrogen) atoms. The highest BCUT2D eigenvalue weighted by Gasteiger charge is 2.58. The number of amides is 2. The minimum atomic E-state index is -3.90. The van der Waals surface area contributed by atoms with Crippen LogP contribution < -0.4 is 4.74 Å². The third kappa shape index (κ3) is 4.47. The second kappa shape index (κ2) is 9.96. The summed E-state index contributed by atoms with van der Waals surface area (Å²) in [5, 5.41) is 16.6. The predicted molar refractivity (Wildman–Crippen MR) is 136 cm³/mol. The fourth-order valence-electron chi connectivity index (χ4n) is 5.65. The van der Waals surface area contributed by atoms with Crippen molar-refractivity contribution in [1.29, 1.82) is 0 Å². The number of aliphatic hydroxyl groups is 1. The van der Waals surface area contributed by atoms with Gasteiger partial charge in [-0.05, 0) is 39.2 Å². The van der Waals surface area contributed by atoms with Gasteiger partial charge in [-0.1, -0.05) is 0 Å². The fourth-order valence-corrected chi connectivity index (χ4v) is 6.92. The van der Waals surface area contributed by atoms with Gasteiger partial charge in [-0.3, -0.25) is 13.9 Å². The first kappa shape index (κ1) is 27.2. The first-order valence-corrected chi connectivity index (χ1v) is 14.5. The summed E-state index contributed by atoms with van der Waals surface area (Å²) in [7, 11) is -2.57. The molecule has 5 rings (SSSR count). The molecule has 1 fully saturated rings. The molecule has 212 valence electrons. The van der Waals surface area contributed by atoms with Crippen LogP contribution in [0.25, 0.3) is 0 Å². The van der Waals surface area contributed by atoms with Crippen LogP contribution in [0.5, 0.6) is 5.75 Å². The molecule has 4 aliphatic heterocycles. The molecule has 4 heterocycles. The lowest BCUT2D eigenvalue weighted by molar-refractivity contribution is -0.139. The Labute approximate surface area is 225 Å². The summed E-state index contributed by atoms with van der Waals surface area (Å²) in [6.45, 7) is 4.08. The summed E-state index contributed by atoms with van der Waals surface area (Å²) >= 11 is 0. The van der Waals surface area contributed by atoms with Crippen molar-refractivity contribution in [3.05, 3.63) is 40.8 Å². The van der Waals surface area contributed by atoms with Crippen LogP contribution in [-0.2, 0) is 26.2 Å². The third-order valence-electron chi connectivity index (χ3n) is 7.72. The molecule has 0 aromatic heterocycles. The molecule has 2 bridgehead atoms. The highest BCUT2D eigenvalue weighted by molar-refractivity contribution is 7.89. The van der Waals surface area contributed by atoms with Crippen molar-refractivity contribution >= 4 is 27.7 Å². The molecule has 1 aromatic carbocycles. The van der Waals surface area contributed by atoms with Gasteiger partial charge in [0.25, 0.3) is 11.8 Å². The van der Waals surface area contributed by atoms with Gasteiger partial charge in [0.05, 0.1) is 18.9 Å². The topological polar surface area (TPSA) is 123 Å². The van der Waals surface area contributed by atoms with Gasteiger partial charge in [0.15, 0.2) is 17.5 Å². The van der Waals surface area contributed by atoms with Gasteiger partial charge >= 0.3 is 0 Å². The monoisotopic (exact) mass is 567 g/mol. The lowest BCUT2D eigenvalue weighted by Gasteiger charge is -2.45. The number of piperazine rings is 1. The van der Waals surface area contributed by atoms with Crippen LogP contribution in [0.4, 0.5) is 8.78 Å². The van der Waals surface area contributed by atoms with E-state index in [0.29, 0.717) is 32.4 Å². The Morgan fingerprint density at radius 1 is 1.15 bits per heavy atom. The zero-order valence-corrected chi connectivity index (χ0v) is 22.7. The van der Waals surface area contributed by atoms with Crippen LogP contribution >= 0.6 is 0 Å². The average Bonchev–Trinajstić information content (AvgIpc) is 3.20. The number of hydrogen-bond donors (Lipinski definition) is 1. The molecule has 4 aliphatic rings. The lowest BCUT2D eigenvalue weighted by Crippen LogP contribution is -2.62. The van der Waals surface area contributed by atoms with Crippen LogP contribution in [0.1, 0.15) is 38.7 Å². The zero-order valence-electron chi connectivity index (χ0n) is 21.9. The van der Waals surface area contributed by atoms with E-state index in [0.717, 1.165) is 21.4 Å². The van der Waals surface area contributed by atoms with Gasteiger partial charge in [0.1, 0.15) is 29.2 Å². The zero-order chi connectivity index (χ0) is 28.2. The number of nitrogens with zero attached hydrogens (tertiary/aromatic N) is 5. The second-order valence-corrected chi connectivity index (χ2v) is 12.3. The summed E-state index contributed by atoms with van der Waals surface area (Å²) in [6, 6.07) is 0.415. The highest BCUT2D eigenvalue weighted by atomic mass is 32.2. The number of fused-ring (bicyclic) bond motifs is 6. The lowest BCUT2D eigenvalue weighted by atomic mass is 9.95. The predicted octanol–water partition coefficient (Wildman–Crippen LogP) is 1.77. The molecule has 0 saturated carbocycles. The van der Waals surface area contributed by atoms with E-state index >= 15 is 0 Å². The summed E-state index contributed by atoms with van der Waals surface area (Å²) < 4.78 is 61.7. The number of ether oxygens (including phenoxy) is 1. The van der Waals surface area contributed by atoms with Gasteiger partial charge in [0, 0.05) is 37.8 Å². The summed E-state index contributed by atoms with van der Waals surface area (Å²) in [5.74, 6) is -5.44. The summed E-state index contributed by atoms with van der Waals surface area (Å²) in [5.41, 5.74) is 0.0601. The number of carbonyl (C=O) groups excluding carboxylic acids is 2. The maximum absolute atomic E-state index is 14.2. The Bertz CT molecular complexity index is 1380. The largest absolute Gasteiger partial charge is 0.509 e. The standard InChI is InChI=1S/C25H31F2N5O6S/c1-4-30-12-14(2)32-20-19(22(33)21(32)25(30)35)24(34)31-13-15-10-16(26)17(27)11-18(15)38-8-6-5-7-9-39(36,37)29(3)23(20)28-31/h10-11,14,19-20,33H,4-9,12-13H2,1-3H3/t14-,19?,20?/m0/s1. The van der Waals surface area contributed by atoms with Crippen molar-refractivity contribution in [2.75, 3.05) is 32.5 Å². The highest BCUT2D eigenvalue weighted by Crippen LogP contribution is 2.43. The van der Waals surface area contributed by atoms with E-state index < -0.39 is 51.2 Å². The molecule has 0 radical (unpaired) electrons. The van der Waals surface area contributed by atoms with Crippen molar-refractivity contribution in [2.45, 2.75) is 51.7 Å². The van der Waals surface area contributed by atoms with Gasteiger partial charge < -0.3 is 19.6 Å². The van der Waals surface area contributed by atoms with Crippen LogP contribution in [0, 0.1) is 17.6 Å². The van der Waals surface area contributed by atoms with E-state index in [4.69, 9.17) is 4.74 Å². The number of benzene rings is 1. The summed E-state index contributed by atoms with van der Waals surface area (Å²) in [4.78, 5) is 30.2. The molecule has 0 aliphatic carbocycles. The Morgan fingerprint density at radius 2 is 1.87 bits per heavy atom. The molecule has 14 heteroatoms. The minimum absolute atomic E-state index is 0.0346. The molecular formula is C25H31F2N5O6S. The number of carbonyl (C=O) groups is 2. The van der Waals surface area contributed by atoms with Crippen LogP contribution in [-0.4, -0.2) is 94.9 Å². The number of rotatable bonds is 1. The number of aliphatic hydroxyl groups excluding tert-OH is 1. The molecule has 2 unspecified atom stereocenters. The van der Waals surface area contributed by atoms with Crippen molar-refractivity contribution in [3.63, 3.8) is 0 Å². The minimum Gasteiger partial charge on any atom is -0.509 e. The number of sulfonamides is 1. The van der Waals surface area contributed by atoms with Gasteiger partial charge in [-0.25, -0.2) is 22.2 Å². The molecule has 3 atom stereocenters. The van der Waals surface area contributed by atoms with E-state index in [2.05, 4.69) is 5.10 Å². The number of amidine groups is 1. The first-order chi connectivity index (χ1) is 18.5. The molecule has 1 saturated heterocycles. The smallest absolute Gasteiger partial charge is 0.273 e. The van der Waals surface area contributed by atoms with Gasteiger partial charge in [-0.15, -0.1) is 0 Å². The molecule has 0 spiro atoms. The van der Waals surface area contributed by atoms with Crippen molar-refractivity contribution < 1.29 is 36.6 Å². The van der Waals surface area contributed by atoms with Crippen molar-refractivity contribution in [3.8, 4) is 5.75 Å². The number of halogens is 2. The molecule has 1 aromatic rings. The Balaban J connectivity index is 1.66. The first-order valence-electron chi connectivity index (χ1n) is 12.9. The average molecular weight is 568 g/mol. The molecule has 1 N–H and O–H groups in total. The SMILES string of the molecule is CCN1C[C@H](C)N2C(=C(O)C3C(=O)N4Cc5cc(F)c(F)cc5OCCCCCS(=O)(=O)N(C)C(=N4)C32)C1=O. The van der Waals surface area contributed by atoms with Gasteiger partial charge in [-0.2, -0.15) is 5.10 Å². The molecule has 2 amide bonds. The third-order valence-corrected chi connectivity index (χ3v) is 9.54. The molecule has 11 nitrogen and oxygen atoms in total. The Kier molecular flexibility index (Phi) is 6.93. The Hall–Kier alpha value is -3.42. The van der Waals surface area contributed by atoms with E-state index in [9.17, 15) is 31.9 Å². The van der Waals surface area contributed by atoms with E-state index in [1.807, 2.05) is 6.92 Å². The molecular weight excluding hydrogens is 536 g/mol. The van der Waals surface area contributed by atoms with Gasteiger partial charge in [0.2, 0.25) is 10.0 Å². The van der Waals surface area contributed by atoms with E-state index in [-0.39, 0.29) is 47.8 Å². The summed E-state index contributed by atoms with van der Waals surface area (Å²) in [6.07, 6.45) is 1.30. The van der Waals surface area contributed by atoms with E-state index in [1.54, 1.807) is 16.7 Å². The number of likely N-dealkylation sites (N-methyl/N-ethyl adjacent to an activating group) is 2. The van der Waals surface area contributed by atoms with E-state index in [1.165, 1.54) is 7.05 Å². The second-order valence-electron chi connectivity index (χ2n) is 10.2. The number of hydrazone groups is 1. The fraction of sp³-hybridized carbons (Fsp3) is 0.560. The maximum Gasteiger partial charge on any atom is 0.273 e. The van der Waals surface area contributed by atoms with Crippen LogP contribution in [0.3, 0.4) is 0 Å². The quantitative estimate of drug-likeness (QED) is 0.549. The van der Waals surface area contributed by atoms with Crippen molar-refractivity contribution in [1.82, 2.24) is 19.1 Å². The Morgan fingerprint density at radius 3 is 2.59 bits per heavy atom. The van der Waals surface area contributed by atoms with Crippen molar-refractivity contribution in [2.24, 2.45) is 11.0 Å².